The van der Waals surface area contributed by atoms with Crippen LogP contribution in [0.25, 0.3) is 11.4 Å². The van der Waals surface area contributed by atoms with Crippen LogP contribution in [-0.4, -0.2) is 16.5 Å². The van der Waals surface area contributed by atoms with Gasteiger partial charge in [-0.15, -0.1) is 0 Å². The Morgan fingerprint density at radius 1 is 1.17 bits per heavy atom. The van der Waals surface area contributed by atoms with Crippen LogP contribution < -0.4 is 5.32 Å². The third kappa shape index (κ3) is 2.63. The van der Waals surface area contributed by atoms with E-state index in [2.05, 4.69) is 63.9 Å². The third-order valence-corrected chi connectivity index (χ3v) is 4.04. The molecule has 0 aliphatic carbocycles. The van der Waals surface area contributed by atoms with E-state index in [0.717, 1.165) is 33.0 Å². The number of rotatable bonds is 3. The van der Waals surface area contributed by atoms with Gasteiger partial charge in [0.2, 0.25) is 0 Å². The molecule has 0 amide bonds. The monoisotopic (exact) mass is 353 g/mol. The Balaban J connectivity index is 2.56. The van der Waals surface area contributed by atoms with Gasteiger partial charge in [0, 0.05) is 12.1 Å². The molecule has 1 heterocycles. The molecule has 1 N–H and O–H groups in total. The van der Waals surface area contributed by atoms with E-state index in [0.29, 0.717) is 0 Å². The first-order valence-electron chi connectivity index (χ1n) is 5.97. The van der Waals surface area contributed by atoms with Gasteiger partial charge in [-0.1, -0.05) is 24.3 Å². The van der Waals surface area contributed by atoms with E-state index in [4.69, 9.17) is 0 Å². The summed E-state index contributed by atoms with van der Waals surface area (Å²) in [6, 6.07) is 8.20. The van der Waals surface area contributed by atoms with E-state index in [1.54, 1.807) is 0 Å². The zero-order valence-electron chi connectivity index (χ0n) is 10.8. The molecule has 4 heteroatoms. The first kappa shape index (κ1) is 13.3. The molecule has 0 fully saturated rings. The SMILES string of the molecule is CCNc1nc(-c2ccccc2C)nc(C)c1I. The molecule has 0 bridgehead atoms. The molecule has 0 spiro atoms. The van der Waals surface area contributed by atoms with E-state index >= 15 is 0 Å². The fourth-order valence-corrected chi connectivity index (χ4v) is 2.22. The maximum absolute atomic E-state index is 4.62. The van der Waals surface area contributed by atoms with Crippen LogP contribution >= 0.6 is 22.6 Å². The van der Waals surface area contributed by atoms with Crippen LogP contribution in [0.2, 0.25) is 0 Å². The van der Waals surface area contributed by atoms with Crippen LogP contribution in [0.1, 0.15) is 18.2 Å². The van der Waals surface area contributed by atoms with Gasteiger partial charge in [-0.2, -0.15) is 0 Å². The van der Waals surface area contributed by atoms with Crippen molar-refractivity contribution in [2.75, 3.05) is 11.9 Å². The fraction of sp³-hybridized carbons (Fsp3) is 0.286. The van der Waals surface area contributed by atoms with E-state index in [1.165, 1.54) is 5.56 Å². The van der Waals surface area contributed by atoms with Crippen LogP contribution in [0.4, 0.5) is 5.82 Å². The predicted octanol–water partition coefficient (Wildman–Crippen LogP) is 3.80. The number of benzene rings is 1. The second-order valence-corrected chi connectivity index (χ2v) is 5.22. The molecule has 0 saturated heterocycles. The average molecular weight is 353 g/mol. The fourth-order valence-electron chi connectivity index (χ4n) is 1.79. The quantitative estimate of drug-likeness (QED) is 0.853. The Morgan fingerprint density at radius 2 is 1.89 bits per heavy atom. The molecule has 1 aromatic heterocycles. The molecule has 0 aliphatic rings. The van der Waals surface area contributed by atoms with Gasteiger partial charge in [0.1, 0.15) is 5.82 Å². The molecule has 0 radical (unpaired) electrons. The minimum absolute atomic E-state index is 0.793. The highest BCUT2D eigenvalue weighted by Crippen LogP contribution is 2.25. The standard InChI is InChI=1S/C14H16IN3/c1-4-16-14-12(15)10(3)17-13(18-14)11-8-6-5-7-9(11)2/h5-8H,4H2,1-3H3,(H,16,17,18). The van der Waals surface area contributed by atoms with Gasteiger partial charge >= 0.3 is 0 Å². The summed E-state index contributed by atoms with van der Waals surface area (Å²) < 4.78 is 1.09. The summed E-state index contributed by atoms with van der Waals surface area (Å²) in [7, 11) is 0. The molecule has 3 nitrogen and oxygen atoms in total. The van der Waals surface area contributed by atoms with Gasteiger partial charge < -0.3 is 5.32 Å². The molecule has 0 unspecified atom stereocenters. The Morgan fingerprint density at radius 3 is 2.56 bits per heavy atom. The number of halogens is 1. The van der Waals surface area contributed by atoms with Gasteiger partial charge in [0.15, 0.2) is 5.82 Å². The first-order chi connectivity index (χ1) is 8.63. The van der Waals surface area contributed by atoms with Crippen molar-refractivity contribution in [3.63, 3.8) is 0 Å². The Labute approximate surface area is 121 Å². The molecule has 1 aromatic carbocycles. The summed E-state index contributed by atoms with van der Waals surface area (Å²) >= 11 is 2.29. The second kappa shape index (κ2) is 5.65. The predicted molar refractivity (Wildman–Crippen MR) is 83.8 cm³/mol. The molecular weight excluding hydrogens is 337 g/mol. The van der Waals surface area contributed by atoms with Crippen molar-refractivity contribution >= 4 is 28.4 Å². The van der Waals surface area contributed by atoms with Crippen LogP contribution in [0.3, 0.4) is 0 Å². The number of nitrogens with one attached hydrogen (secondary N) is 1. The molecular formula is C14H16IN3. The lowest BCUT2D eigenvalue weighted by molar-refractivity contribution is 1.06. The lowest BCUT2D eigenvalue weighted by Gasteiger charge is -2.11. The summed E-state index contributed by atoms with van der Waals surface area (Å²) in [6.45, 7) is 7.03. The summed E-state index contributed by atoms with van der Waals surface area (Å²) in [6.07, 6.45) is 0. The largest absolute Gasteiger partial charge is 0.369 e. The van der Waals surface area contributed by atoms with E-state index in [1.807, 2.05) is 19.1 Å². The number of aryl methyl sites for hydroxylation is 2. The van der Waals surface area contributed by atoms with Crippen LogP contribution in [0.15, 0.2) is 24.3 Å². The van der Waals surface area contributed by atoms with E-state index in [-0.39, 0.29) is 0 Å². The molecule has 0 aliphatic heterocycles. The Kier molecular flexibility index (Phi) is 4.16. The van der Waals surface area contributed by atoms with Crippen molar-refractivity contribution in [1.29, 1.82) is 0 Å². The van der Waals surface area contributed by atoms with Crippen molar-refractivity contribution in [1.82, 2.24) is 9.97 Å². The van der Waals surface area contributed by atoms with Crippen LogP contribution in [0, 0.1) is 17.4 Å². The lowest BCUT2D eigenvalue weighted by Crippen LogP contribution is -2.06. The normalized spacial score (nSPS) is 10.4. The topological polar surface area (TPSA) is 37.8 Å². The minimum Gasteiger partial charge on any atom is -0.369 e. The van der Waals surface area contributed by atoms with Crippen LogP contribution in [0.5, 0.6) is 0 Å². The van der Waals surface area contributed by atoms with Gasteiger partial charge in [-0.25, -0.2) is 9.97 Å². The van der Waals surface area contributed by atoms with E-state index in [9.17, 15) is 0 Å². The molecule has 2 rings (SSSR count). The zero-order chi connectivity index (χ0) is 13.1. The number of nitrogens with zero attached hydrogens (tertiary/aromatic N) is 2. The number of hydrogen-bond donors (Lipinski definition) is 1. The maximum atomic E-state index is 4.62. The highest BCUT2D eigenvalue weighted by atomic mass is 127. The highest BCUT2D eigenvalue weighted by molar-refractivity contribution is 14.1. The van der Waals surface area contributed by atoms with Gasteiger partial charge in [-0.05, 0) is 48.9 Å². The molecule has 0 atom stereocenters. The highest BCUT2D eigenvalue weighted by Gasteiger charge is 2.11. The lowest BCUT2D eigenvalue weighted by atomic mass is 10.1. The van der Waals surface area contributed by atoms with Crippen molar-refractivity contribution in [2.24, 2.45) is 0 Å². The number of anilines is 1. The summed E-state index contributed by atoms with van der Waals surface area (Å²) in [5, 5.41) is 3.29. The van der Waals surface area contributed by atoms with Gasteiger partial charge in [0.05, 0.1) is 9.26 Å². The molecule has 18 heavy (non-hydrogen) atoms. The van der Waals surface area contributed by atoms with Crippen LogP contribution in [-0.2, 0) is 0 Å². The molecule has 2 aromatic rings. The van der Waals surface area contributed by atoms with E-state index < -0.39 is 0 Å². The van der Waals surface area contributed by atoms with Crippen molar-refractivity contribution in [3.8, 4) is 11.4 Å². The van der Waals surface area contributed by atoms with Gasteiger partial charge in [-0.3, -0.25) is 0 Å². The Hall–Kier alpha value is -1.17. The second-order valence-electron chi connectivity index (χ2n) is 4.14. The molecule has 94 valence electrons. The number of aromatic nitrogens is 2. The minimum atomic E-state index is 0.793. The van der Waals surface area contributed by atoms with Gasteiger partial charge in [0.25, 0.3) is 0 Å². The summed E-state index contributed by atoms with van der Waals surface area (Å²) in [5.74, 6) is 1.71. The smallest absolute Gasteiger partial charge is 0.162 e. The van der Waals surface area contributed by atoms with Crippen molar-refractivity contribution < 1.29 is 0 Å². The maximum Gasteiger partial charge on any atom is 0.162 e. The van der Waals surface area contributed by atoms with Crippen molar-refractivity contribution in [3.05, 3.63) is 39.1 Å². The average Bonchev–Trinajstić information content (AvgIpc) is 2.35. The third-order valence-electron chi connectivity index (χ3n) is 2.75. The number of hydrogen-bond acceptors (Lipinski definition) is 3. The van der Waals surface area contributed by atoms with Crippen molar-refractivity contribution in [2.45, 2.75) is 20.8 Å². The zero-order valence-corrected chi connectivity index (χ0v) is 12.9. The summed E-state index contributed by atoms with van der Waals surface area (Å²) in [4.78, 5) is 9.21. The molecule has 0 saturated carbocycles. The Bertz CT molecular complexity index is 567. The first-order valence-corrected chi connectivity index (χ1v) is 7.05. The summed E-state index contributed by atoms with van der Waals surface area (Å²) in [5.41, 5.74) is 3.30.